The van der Waals surface area contributed by atoms with Crippen molar-refractivity contribution in [3.05, 3.63) is 76.3 Å². The van der Waals surface area contributed by atoms with Gasteiger partial charge in [0, 0.05) is 28.5 Å². The van der Waals surface area contributed by atoms with Gasteiger partial charge in [-0.3, -0.25) is 4.79 Å². The average molecular weight is 333 g/mol. The Balaban J connectivity index is 1.63. The van der Waals surface area contributed by atoms with Crippen molar-refractivity contribution in [2.45, 2.75) is 6.42 Å². The Kier molecular flexibility index (Phi) is 3.75. The first-order valence-electron chi connectivity index (χ1n) is 7.68. The molecule has 0 amide bonds. The van der Waals surface area contributed by atoms with E-state index in [4.69, 9.17) is 4.74 Å². The summed E-state index contributed by atoms with van der Waals surface area (Å²) < 4.78 is 5.26. The highest BCUT2D eigenvalue weighted by Gasteiger charge is 2.24. The number of methoxy groups -OCH3 is 1. The van der Waals surface area contributed by atoms with Crippen molar-refractivity contribution in [3.63, 3.8) is 0 Å². The molecule has 24 heavy (non-hydrogen) atoms. The summed E-state index contributed by atoms with van der Waals surface area (Å²) in [6.45, 7) is 0. The highest BCUT2D eigenvalue weighted by atomic mass is 32.1. The number of ketones is 1. The van der Waals surface area contributed by atoms with E-state index < -0.39 is 0 Å². The molecule has 0 saturated carbocycles. The molecule has 0 bridgehead atoms. The van der Waals surface area contributed by atoms with Crippen molar-refractivity contribution in [3.8, 4) is 16.3 Å². The number of thiazole rings is 1. The lowest BCUT2D eigenvalue weighted by Crippen LogP contribution is -1.95. The molecular formula is C20H15NO2S. The zero-order valence-corrected chi connectivity index (χ0v) is 14.0. The molecule has 3 nitrogen and oxygen atoms in total. The van der Waals surface area contributed by atoms with Crippen LogP contribution >= 0.6 is 11.3 Å². The molecule has 1 aromatic heterocycles. The highest BCUT2D eigenvalue weighted by Crippen LogP contribution is 2.30. The van der Waals surface area contributed by atoms with E-state index in [-0.39, 0.29) is 5.78 Å². The number of fused-ring (bicyclic) bond motifs is 1. The Morgan fingerprint density at radius 3 is 2.88 bits per heavy atom. The minimum absolute atomic E-state index is 0.113. The van der Waals surface area contributed by atoms with E-state index in [1.54, 1.807) is 18.4 Å². The quantitative estimate of drug-likeness (QED) is 0.655. The Bertz CT molecular complexity index is 956. The third-order valence-electron chi connectivity index (χ3n) is 4.10. The zero-order chi connectivity index (χ0) is 16.5. The van der Waals surface area contributed by atoms with Crippen molar-refractivity contribution in [1.29, 1.82) is 0 Å². The van der Waals surface area contributed by atoms with E-state index in [1.807, 2.05) is 60.0 Å². The van der Waals surface area contributed by atoms with Crippen LogP contribution < -0.4 is 4.74 Å². The van der Waals surface area contributed by atoms with Gasteiger partial charge in [-0.2, -0.15) is 0 Å². The largest absolute Gasteiger partial charge is 0.497 e. The predicted octanol–water partition coefficient (Wildman–Crippen LogP) is 4.64. The summed E-state index contributed by atoms with van der Waals surface area (Å²) in [4.78, 5) is 17.1. The first-order chi connectivity index (χ1) is 11.7. The molecule has 0 N–H and O–H groups in total. The first-order valence-corrected chi connectivity index (χ1v) is 8.56. The van der Waals surface area contributed by atoms with Crippen LogP contribution in [-0.2, 0) is 6.42 Å². The SMILES string of the molecule is COc1cccc(-c2nc(/C=C3/Cc4ccccc4C3=O)cs2)c1. The summed E-state index contributed by atoms with van der Waals surface area (Å²) >= 11 is 1.57. The predicted molar refractivity (Wildman–Crippen MR) is 96.6 cm³/mol. The van der Waals surface area contributed by atoms with Crippen LogP contribution in [0.2, 0.25) is 0 Å². The number of Topliss-reactive ketones (excluding diaryl/α,β-unsaturated/α-hetero) is 1. The van der Waals surface area contributed by atoms with E-state index in [2.05, 4.69) is 4.98 Å². The maximum absolute atomic E-state index is 12.5. The highest BCUT2D eigenvalue weighted by molar-refractivity contribution is 7.13. The lowest BCUT2D eigenvalue weighted by atomic mass is 10.1. The van der Waals surface area contributed by atoms with Crippen LogP contribution in [-0.4, -0.2) is 17.9 Å². The molecule has 4 rings (SSSR count). The molecule has 0 radical (unpaired) electrons. The van der Waals surface area contributed by atoms with E-state index in [1.165, 1.54) is 0 Å². The Labute approximate surface area is 144 Å². The number of rotatable bonds is 3. The van der Waals surface area contributed by atoms with E-state index in [0.29, 0.717) is 6.42 Å². The fourth-order valence-electron chi connectivity index (χ4n) is 2.89. The van der Waals surface area contributed by atoms with Crippen LogP contribution in [0.25, 0.3) is 16.6 Å². The van der Waals surface area contributed by atoms with Crippen molar-refractivity contribution in [2.75, 3.05) is 7.11 Å². The van der Waals surface area contributed by atoms with Gasteiger partial charge in [-0.25, -0.2) is 4.98 Å². The second-order valence-electron chi connectivity index (χ2n) is 5.64. The van der Waals surface area contributed by atoms with Gasteiger partial charge in [0.1, 0.15) is 10.8 Å². The molecule has 0 saturated heterocycles. The molecule has 1 aliphatic carbocycles. The number of hydrogen-bond acceptors (Lipinski definition) is 4. The first kappa shape index (κ1) is 14.8. The van der Waals surface area contributed by atoms with Crippen molar-refractivity contribution >= 4 is 23.2 Å². The fraction of sp³-hybridized carbons (Fsp3) is 0.100. The van der Waals surface area contributed by atoms with Gasteiger partial charge < -0.3 is 4.74 Å². The van der Waals surface area contributed by atoms with Crippen LogP contribution in [0.5, 0.6) is 5.75 Å². The van der Waals surface area contributed by atoms with Crippen LogP contribution in [0.3, 0.4) is 0 Å². The van der Waals surface area contributed by atoms with Gasteiger partial charge in [0.25, 0.3) is 0 Å². The molecule has 0 unspecified atom stereocenters. The smallest absolute Gasteiger partial charge is 0.189 e. The number of benzene rings is 2. The topological polar surface area (TPSA) is 39.2 Å². The second kappa shape index (κ2) is 6.06. The fourth-order valence-corrected chi connectivity index (χ4v) is 3.66. The minimum atomic E-state index is 0.113. The van der Waals surface area contributed by atoms with Crippen LogP contribution in [0.1, 0.15) is 21.6 Å². The molecular weight excluding hydrogens is 318 g/mol. The maximum Gasteiger partial charge on any atom is 0.189 e. The summed E-state index contributed by atoms with van der Waals surface area (Å²) in [6, 6.07) is 15.6. The van der Waals surface area contributed by atoms with Crippen molar-refractivity contribution in [1.82, 2.24) is 4.98 Å². The van der Waals surface area contributed by atoms with Gasteiger partial charge in [-0.05, 0) is 23.8 Å². The molecule has 0 fully saturated rings. The average Bonchev–Trinajstić information content (AvgIpc) is 3.21. The third-order valence-corrected chi connectivity index (χ3v) is 5.00. The summed E-state index contributed by atoms with van der Waals surface area (Å²) in [5.74, 6) is 0.922. The molecule has 3 aromatic rings. The van der Waals surface area contributed by atoms with E-state index >= 15 is 0 Å². The van der Waals surface area contributed by atoms with Crippen LogP contribution in [0, 0.1) is 0 Å². The summed E-state index contributed by atoms with van der Waals surface area (Å²) in [7, 11) is 1.65. The molecule has 4 heteroatoms. The Hall–Kier alpha value is -2.72. The lowest BCUT2D eigenvalue weighted by Gasteiger charge is -2.01. The standard InChI is InChI=1S/C20H15NO2S/c1-23-17-7-4-6-14(11-17)20-21-16(12-24-20)10-15-9-13-5-2-3-8-18(13)19(15)22/h2-8,10-12H,9H2,1H3/b15-10-. The molecule has 1 aliphatic rings. The summed E-state index contributed by atoms with van der Waals surface area (Å²) in [5, 5.41) is 2.90. The van der Waals surface area contributed by atoms with Crippen LogP contribution in [0.15, 0.2) is 59.5 Å². The van der Waals surface area contributed by atoms with Gasteiger partial charge >= 0.3 is 0 Å². The van der Waals surface area contributed by atoms with Crippen LogP contribution in [0.4, 0.5) is 0 Å². The zero-order valence-electron chi connectivity index (χ0n) is 13.2. The number of carbonyl (C=O) groups is 1. The number of allylic oxidation sites excluding steroid dienone is 1. The number of ether oxygens (including phenoxy) is 1. The van der Waals surface area contributed by atoms with E-state index in [0.717, 1.165) is 38.7 Å². The summed E-state index contributed by atoms with van der Waals surface area (Å²) in [6.07, 6.45) is 2.59. The Morgan fingerprint density at radius 1 is 1.17 bits per heavy atom. The van der Waals surface area contributed by atoms with Gasteiger partial charge in [-0.15, -0.1) is 11.3 Å². The number of aromatic nitrogens is 1. The van der Waals surface area contributed by atoms with Gasteiger partial charge in [-0.1, -0.05) is 36.4 Å². The molecule has 1 heterocycles. The van der Waals surface area contributed by atoms with E-state index in [9.17, 15) is 4.79 Å². The Morgan fingerprint density at radius 2 is 2.04 bits per heavy atom. The van der Waals surface area contributed by atoms with Gasteiger partial charge in [0.2, 0.25) is 0 Å². The van der Waals surface area contributed by atoms with Gasteiger partial charge in [0.05, 0.1) is 12.8 Å². The molecule has 118 valence electrons. The third kappa shape index (κ3) is 2.65. The molecule has 2 aromatic carbocycles. The number of nitrogens with zero attached hydrogens (tertiary/aromatic N) is 1. The second-order valence-corrected chi connectivity index (χ2v) is 6.50. The van der Waals surface area contributed by atoms with Gasteiger partial charge in [0.15, 0.2) is 5.78 Å². The minimum Gasteiger partial charge on any atom is -0.497 e. The number of carbonyl (C=O) groups excluding carboxylic acids is 1. The molecule has 0 atom stereocenters. The maximum atomic E-state index is 12.5. The number of hydrogen-bond donors (Lipinski definition) is 0. The lowest BCUT2D eigenvalue weighted by molar-refractivity contribution is 0.104. The normalized spacial score (nSPS) is 14.9. The summed E-state index contributed by atoms with van der Waals surface area (Å²) in [5.41, 5.74) is 4.56. The molecule has 0 spiro atoms. The molecule has 0 aliphatic heterocycles. The van der Waals surface area contributed by atoms with Crippen molar-refractivity contribution in [2.24, 2.45) is 0 Å². The van der Waals surface area contributed by atoms with Crippen molar-refractivity contribution < 1.29 is 9.53 Å². The monoisotopic (exact) mass is 333 g/mol.